The maximum absolute atomic E-state index is 12.4. The lowest BCUT2D eigenvalue weighted by Gasteiger charge is -2.33. The molecule has 1 fully saturated rings. The van der Waals surface area contributed by atoms with Gasteiger partial charge in [-0.2, -0.15) is 0 Å². The molecule has 0 aromatic rings. The van der Waals surface area contributed by atoms with Crippen LogP contribution in [-0.4, -0.2) is 45.2 Å². The number of ether oxygens (including phenoxy) is 1. The summed E-state index contributed by atoms with van der Waals surface area (Å²) in [6, 6.07) is 0.00958. The molecule has 4 nitrogen and oxygen atoms in total. The maximum Gasteiger partial charge on any atom is 0.154 e. The van der Waals surface area contributed by atoms with Crippen LogP contribution in [0.4, 0.5) is 0 Å². The van der Waals surface area contributed by atoms with Crippen molar-refractivity contribution in [1.82, 2.24) is 5.32 Å². The molecule has 0 saturated carbocycles. The predicted octanol–water partition coefficient (Wildman–Crippen LogP) is 1.60. The van der Waals surface area contributed by atoms with Crippen LogP contribution in [-0.2, 0) is 14.6 Å². The minimum atomic E-state index is -3.03. The van der Waals surface area contributed by atoms with Gasteiger partial charge in [-0.1, -0.05) is 27.7 Å². The molecular formula is C13H27NO3S. The number of rotatable bonds is 5. The Balaban J connectivity index is 2.72. The monoisotopic (exact) mass is 277 g/mol. The molecule has 0 spiro atoms. The van der Waals surface area contributed by atoms with Gasteiger partial charge in [0.1, 0.15) is 0 Å². The fourth-order valence-electron chi connectivity index (χ4n) is 2.26. The molecule has 18 heavy (non-hydrogen) atoms. The fraction of sp³-hybridized carbons (Fsp3) is 1.00. The molecule has 0 bridgehead atoms. The molecule has 0 amide bonds. The van der Waals surface area contributed by atoms with Gasteiger partial charge in [-0.25, -0.2) is 8.42 Å². The van der Waals surface area contributed by atoms with Crippen LogP contribution < -0.4 is 5.32 Å². The van der Waals surface area contributed by atoms with Crippen LogP contribution in [0, 0.1) is 5.41 Å². The highest BCUT2D eigenvalue weighted by Gasteiger charge is 2.34. The Morgan fingerprint density at radius 2 is 1.83 bits per heavy atom. The first-order valence-corrected chi connectivity index (χ1v) is 8.51. The molecule has 1 atom stereocenters. The molecule has 1 saturated heterocycles. The molecule has 5 heteroatoms. The van der Waals surface area contributed by atoms with Gasteiger partial charge in [-0.3, -0.25) is 0 Å². The summed E-state index contributed by atoms with van der Waals surface area (Å²) in [7, 11) is -3.03. The zero-order valence-corrected chi connectivity index (χ0v) is 12.8. The van der Waals surface area contributed by atoms with E-state index < -0.39 is 9.84 Å². The van der Waals surface area contributed by atoms with Crippen LogP contribution >= 0.6 is 0 Å². The van der Waals surface area contributed by atoms with Crippen LogP contribution in [0.2, 0.25) is 0 Å². The Kier molecular flexibility index (Phi) is 5.62. The molecule has 1 N–H and O–H groups in total. The molecule has 1 unspecified atom stereocenters. The topological polar surface area (TPSA) is 55.4 Å². The van der Waals surface area contributed by atoms with E-state index in [9.17, 15) is 8.42 Å². The summed E-state index contributed by atoms with van der Waals surface area (Å²) in [5.41, 5.74) is -0.0474. The van der Waals surface area contributed by atoms with Gasteiger partial charge in [-0.05, 0) is 24.8 Å². The molecule has 0 aromatic heterocycles. The molecule has 1 rings (SSSR count). The zero-order valence-electron chi connectivity index (χ0n) is 12.0. The van der Waals surface area contributed by atoms with Crippen LogP contribution in [0.3, 0.4) is 0 Å². The minimum Gasteiger partial charge on any atom is -0.381 e. The first kappa shape index (κ1) is 15.9. The lowest BCUT2D eigenvalue weighted by molar-refractivity contribution is 0.0982. The quantitative estimate of drug-likeness (QED) is 0.829. The summed E-state index contributed by atoms with van der Waals surface area (Å²) in [5, 5.41) is 3.09. The molecule has 1 heterocycles. The van der Waals surface area contributed by atoms with Gasteiger partial charge in [0.25, 0.3) is 0 Å². The number of hydrogen-bond acceptors (Lipinski definition) is 4. The van der Waals surface area contributed by atoms with Crippen LogP contribution in [0.1, 0.15) is 40.5 Å². The molecule has 1 aliphatic heterocycles. The smallest absolute Gasteiger partial charge is 0.154 e. The van der Waals surface area contributed by atoms with Crippen molar-refractivity contribution in [2.75, 3.05) is 25.5 Å². The van der Waals surface area contributed by atoms with Gasteiger partial charge >= 0.3 is 0 Å². The second kappa shape index (κ2) is 6.35. The summed E-state index contributed by atoms with van der Waals surface area (Å²) in [4.78, 5) is 0. The summed E-state index contributed by atoms with van der Waals surface area (Å²) in [6.45, 7) is 10.2. The first-order valence-electron chi connectivity index (χ1n) is 6.80. The molecule has 0 aliphatic carbocycles. The van der Waals surface area contributed by atoms with E-state index >= 15 is 0 Å². The third-order valence-corrected chi connectivity index (χ3v) is 5.86. The van der Waals surface area contributed by atoms with Crippen molar-refractivity contribution in [3.63, 3.8) is 0 Å². The van der Waals surface area contributed by atoms with Crippen LogP contribution in [0.5, 0.6) is 0 Å². The van der Waals surface area contributed by atoms with Gasteiger partial charge in [-0.15, -0.1) is 0 Å². The van der Waals surface area contributed by atoms with Crippen molar-refractivity contribution in [3.05, 3.63) is 0 Å². The molecule has 0 aromatic carbocycles. The van der Waals surface area contributed by atoms with Gasteiger partial charge < -0.3 is 10.1 Å². The zero-order chi connectivity index (χ0) is 13.8. The second-order valence-corrected chi connectivity index (χ2v) is 8.44. The average Bonchev–Trinajstić information content (AvgIpc) is 2.28. The van der Waals surface area contributed by atoms with E-state index in [1.165, 1.54) is 0 Å². The normalized spacial score (nSPS) is 20.9. The van der Waals surface area contributed by atoms with Gasteiger partial charge in [0.15, 0.2) is 9.84 Å². The van der Waals surface area contributed by atoms with E-state index in [0.717, 1.165) is 6.54 Å². The lowest BCUT2D eigenvalue weighted by atomic mass is 9.88. The third-order valence-electron chi connectivity index (χ3n) is 3.57. The summed E-state index contributed by atoms with van der Waals surface area (Å²) >= 11 is 0. The first-order chi connectivity index (χ1) is 8.27. The Bertz CT molecular complexity index is 340. The Labute approximate surface area is 111 Å². The predicted molar refractivity (Wildman–Crippen MR) is 74.5 cm³/mol. The Hall–Kier alpha value is -0.130. The molecule has 1 aliphatic rings. The van der Waals surface area contributed by atoms with Gasteiger partial charge in [0.05, 0.1) is 11.0 Å². The van der Waals surface area contributed by atoms with Crippen molar-refractivity contribution in [2.24, 2.45) is 5.41 Å². The number of hydrogen-bond donors (Lipinski definition) is 1. The van der Waals surface area contributed by atoms with E-state index in [2.05, 4.69) is 26.1 Å². The van der Waals surface area contributed by atoms with Crippen molar-refractivity contribution < 1.29 is 13.2 Å². The third kappa shape index (κ3) is 4.52. The Morgan fingerprint density at radius 3 is 2.28 bits per heavy atom. The maximum atomic E-state index is 12.4. The van der Waals surface area contributed by atoms with E-state index in [0.29, 0.717) is 26.1 Å². The van der Waals surface area contributed by atoms with Crippen molar-refractivity contribution in [1.29, 1.82) is 0 Å². The summed E-state index contributed by atoms with van der Waals surface area (Å²) < 4.78 is 30.1. The van der Waals surface area contributed by atoms with E-state index in [4.69, 9.17) is 4.74 Å². The number of nitrogens with one attached hydrogen (secondary N) is 1. The molecule has 0 radical (unpaired) electrons. The highest BCUT2D eigenvalue weighted by atomic mass is 32.2. The van der Waals surface area contributed by atoms with Crippen molar-refractivity contribution >= 4 is 9.84 Å². The standard InChI is InChI=1S/C13H27NO3S/c1-5-14-12(13(2,3)4)10-18(15,16)11-6-8-17-9-7-11/h11-12,14H,5-10H2,1-4H3. The molecular weight excluding hydrogens is 250 g/mol. The lowest BCUT2D eigenvalue weighted by Crippen LogP contribution is -2.47. The second-order valence-electron chi connectivity index (χ2n) is 6.12. The van der Waals surface area contributed by atoms with E-state index in [1.54, 1.807) is 0 Å². The molecule has 108 valence electrons. The fourth-order valence-corrected chi connectivity index (χ4v) is 4.53. The van der Waals surface area contributed by atoms with Crippen molar-refractivity contribution in [3.8, 4) is 0 Å². The van der Waals surface area contributed by atoms with E-state index in [-0.39, 0.29) is 22.5 Å². The highest BCUT2D eigenvalue weighted by Crippen LogP contribution is 2.24. The average molecular weight is 277 g/mol. The number of sulfone groups is 1. The van der Waals surface area contributed by atoms with Gasteiger partial charge in [0.2, 0.25) is 0 Å². The Morgan fingerprint density at radius 1 is 1.28 bits per heavy atom. The SMILES string of the molecule is CCNC(CS(=O)(=O)C1CCOCC1)C(C)(C)C. The van der Waals surface area contributed by atoms with Gasteiger partial charge in [0, 0.05) is 19.3 Å². The van der Waals surface area contributed by atoms with Crippen LogP contribution in [0.25, 0.3) is 0 Å². The van der Waals surface area contributed by atoms with E-state index in [1.807, 2.05) is 6.92 Å². The largest absolute Gasteiger partial charge is 0.381 e. The highest BCUT2D eigenvalue weighted by molar-refractivity contribution is 7.92. The summed E-state index contributed by atoms with van der Waals surface area (Å²) in [5.74, 6) is 0.231. The summed E-state index contributed by atoms with van der Waals surface area (Å²) in [6.07, 6.45) is 1.29. The minimum absolute atomic E-state index is 0.00958. The van der Waals surface area contributed by atoms with Crippen molar-refractivity contribution in [2.45, 2.75) is 51.8 Å². The van der Waals surface area contributed by atoms with Crippen LogP contribution in [0.15, 0.2) is 0 Å².